The summed E-state index contributed by atoms with van der Waals surface area (Å²) in [6.07, 6.45) is 4.22. The first kappa shape index (κ1) is 16.7. The molecule has 124 valence electrons. The number of carboxylic acid groups (broad SMARTS) is 1. The van der Waals surface area contributed by atoms with Gasteiger partial charge in [-0.15, -0.1) is 0 Å². The van der Waals surface area contributed by atoms with Gasteiger partial charge in [-0.05, 0) is 89.8 Å². The number of benzene rings is 1. The van der Waals surface area contributed by atoms with Crippen molar-refractivity contribution >= 4 is 40.2 Å². The maximum Gasteiger partial charge on any atom is 0.307 e. The average molecular weight is 427 g/mol. The van der Waals surface area contributed by atoms with Crippen molar-refractivity contribution in [1.29, 1.82) is 0 Å². The van der Waals surface area contributed by atoms with E-state index in [4.69, 9.17) is 0 Å². The summed E-state index contributed by atoms with van der Waals surface area (Å²) in [5.74, 6) is -1.28. The van der Waals surface area contributed by atoms with Gasteiger partial charge in [-0.1, -0.05) is 7.43 Å². The largest absolute Gasteiger partial charge is 0.481 e. The van der Waals surface area contributed by atoms with Crippen molar-refractivity contribution in [3.63, 3.8) is 0 Å². The fourth-order valence-electron chi connectivity index (χ4n) is 5.10. The van der Waals surface area contributed by atoms with Gasteiger partial charge in [-0.3, -0.25) is 9.59 Å². The van der Waals surface area contributed by atoms with Crippen LogP contribution in [0.4, 0.5) is 5.69 Å². The molecule has 0 aliphatic heterocycles. The van der Waals surface area contributed by atoms with Crippen molar-refractivity contribution in [1.82, 2.24) is 0 Å². The van der Waals surface area contributed by atoms with Crippen LogP contribution in [-0.4, -0.2) is 17.0 Å². The van der Waals surface area contributed by atoms with E-state index in [1.54, 1.807) is 0 Å². The van der Waals surface area contributed by atoms with E-state index in [9.17, 15) is 14.7 Å². The molecule has 4 atom stereocenters. The topological polar surface area (TPSA) is 66.4 Å². The Labute approximate surface area is 150 Å². The Bertz CT molecular complexity index is 638. The highest BCUT2D eigenvalue weighted by Gasteiger charge is 2.71. The van der Waals surface area contributed by atoms with E-state index < -0.39 is 11.9 Å². The third-order valence-electron chi connectivity index (χ3n) is 6.05. The molecule has 3 aliphatic carbocycles. The molecular formula is C18H22INO3. The van der Waals surface area contributed by atoms with E-state index in [-0.39, 0.29) is 36.5 Å². The molecule has 2 N–H and O–H groups in total. The van der Waals surface area contributed by atoms with Crippen LogP contribution in [0, 0.1) is 32.7 Å². The zero-order chi connectivity index (χ0) is 15.5. The molecule has 0 saturated heterocycles. The maximum absolute atomic E-state index is 12.7. The van der Waals surface area contributed by atoms with Gasteiger partial charge in [0.2, 0.25) is 5.91 Å². The van der Waals surface area contributed by atoms with E-state index in [2.05, 4.69) is 27.9 Å². The second-order valence-electron chi connectivity index (χ2n) is 6.91. The molecule has 1 spiro atoms. The number of halogens is 1. The summed E-state index contributed by atoms with van der Waals surface area (Å²) < 4.78 is 1.11. The van der Waals surface area contributed by atoms with Crippen LogP contribution in [0.25, 0.3) is 0 Å². The van der Waals surface area contributed by atoms with Crippen LogP contribution < -0.4 is 5.32 Å². The van der Waals surface area contributed by atoms with Crippen LogP contribution in [0.1, 0.15) is 33.1 Å². The third-order valence-corrected chi connectivity index (χ3v) is 6.77. The van der Waals surface area contributed by atoms with Crippen molar-refractivity contribution in [3.05, 3.63) is 27.8 Å². The summed E-state index contributed by atoms with van der Waals surface area (Å²) in [5, 5.41) is 12.6. The Kier molecular flexibility index (Phi) is 4.19. The second-order valence-corrected chi connectivity index (χ2v) is 8.16. The highest BCUT2D eigenvalue weighted by molar-refractivity contribution is 14.1. The van der Waals surface area contributed by atoms with Gasteiger partial charge in [0, 0.05) is 9.26 Å². The van der Waals surface area contributed by atoms with Crippen molar-refractivity contribution in [2.24, 2.45) is 29.1 Å². The number of amides is 1. The van der Waals surface area contributed by atoms with Gasteiger partial charge < -0.3 is 10.4 Å². The molecule has 1 aromatic carbocycles. The van der Waals surface area contributed by atoms with E-state index in [1.807, 2.05) is 24.3 Å². The molecule has 3 fully saturated rings. The smallest absolute Gasteiger partial charge is 0.307 e. The quantitative estimate of drug-likeness (QED) is 0.717. The highest BCUT2D eigenvalue weighted by Crippen LogP contribution is 2.74. The molecule has 5 heteroatoms. The van der Waals surface area contributed by atoms with Gasteiger partial charge >= 0.3 is 5.97 Å². The van der Waals surface area contributed by atoms with Gasteiger partial charge in [0.05, 0.1) is 11.8 Å². The zero-order valence-corrected chi connectivity index (χ0v) is 14.2. The average Bonchev–Trinajstić information content (AvgIpc) is 3.15. The number of hydrogen-bond acceptors (Lipinski definition) is 2. The molecule has 4 nitrogen and oxygen atoms in total. The predicted molar refractivity (Wildman–Crippen MR) is 97.0 cm³/mol. The monoisotopic (exact) mass is 427 g/mol. The molecule has 4 rings (SSSR count). The first-order valence-corrected chi connectivity index (χ1v) is 8.90. The number of nitrogens with one attached hydrogen (secondary N) is 1. The molecule has 2 bridgehead atoms. The van der Waals surface area contributed by atoms with Crippen LogP contribution in [0.3, 0.4) is 0 Å². The maximum atomic E-state index is 12.7. The summed E-state index contributed by atoms with van der Waals surface area (Å²) in [6, 6.07) is 7.62. The van der Waals surface area contributed by atoms with E-state index in [1.165, 1.54) is 0 Å². The Morgan fingerprint density at radius 2 is 1.65 bits per heavy atom. The minimum absolute atomic E-state index is 0. The van der Waals surface area contributed by atoms with Crippen LogP contribution in [-0.2, 0) is 9.59 Å². The highest BCUT2D eigenvalue weighted by atomic mass is 127. The standard InChI is InChI=1S/C17H18INO3.CH4/c18-9-1-3-10(4-2-9)19-15(20)13-11-5-6-12(14(13)16(21)22)17(11)7-8-17;/h1-4,11-14H,5-8H2,(H,19,20)(H,21,22);1H4. The van der Waals surface area contributed by atoms with Crippen LogP contribution in [0.15, 0.2) is 24.3 Å². The summed E-state index contributed by atoms with van der Waals surface area (Å²) in [6.45, 7) is 0. The lowest BCUT2D eigenvalue weighted by Gasteiger charge is -2.26. The van der Waals surface area contributed by atoms with E-state index in [0.29, 0.717) is 0 Å². The first-order chi connectivity index (χ1) is 10.5. The van der Waals surface area contributed by atoms with Crippen LogP contribution in [0.5, 0.6) is 0 Å². The Morgan fingerprint density at radius 3 is 2.17 bits per heavy atom. The SMILES string of the molecule is C.O=C(O)C1C(C(=O)Nc2ccc(I)cc2)C2CCC1C21CC1. The molecular weight excluding hydrogens is 405 g/mol. The van der Waals surface area contributed by atoms with Crippen molar-refractivity contribution < 1.29 is 14.7 Å². The minimum Gasteiger partial charge on any atom is -0.481 e. The number of rotatable bonds is 3. The van der Waals surface area contributed by atoms with Crippen molar-refractivity contribution in [2.75, 3.05) is 5.32 Å². The van der Waals surface area contributed by atoms with Crippen molar-refractivity contribution in [2.45, 2.75) is 33.1 Å². The molecule has 0 heterocycles. The van der Waals surface area contributed by atoms with Gasteiger partial charge in [0.25, 0.3) is 0 Å². The lowest BCUT2D eigenvalue weighted by Crippen LogP contribution is -2.37. The second kappa shape index (κ2) is 5.76. The molecule has 0 radical (unpaired) electrons. The van der Waals surface area contributed by atoms with Crippen LogP contribution in [0.2, 0.25) is 0 Å². The predicted octanol–water partition coefficient (Wildman–Crippen LogP) is 4.00. The number of hydrogen-bond donors (Lipinski definition) is 2. The molecule has 3 saturated carbocycles. The lowest BCUT2D eigenvalue weighted by molar-refractivity contribution is -0.148. The van der Waals surface area contributed by atoms with Gasteiger partial charge in [0.15, 0.2) is 0 Å². The molecule has 3 aliphatic rings. The molecule has 1 amide bonds. The summed E-state index contributed by atoms with van der Waals surface area (Å²) in [7, 11) is 0. The number of carbonyl (C=O) groups excluding carboxylic acids is 1. The third kappa shape index (κ3) is 2.47. The van der Waals surface area contributed by atoms with E-state index >= 15 is 0 Å². The van der Waals surface area contributed by atoms with Gasteiger partial charge in [0.1, 0.15) is 0 Å². The summed E-state index contributed by atoms with van der Waals surface area (Å²) in [4.78, 5) is 24.5. The van der Waals surface area contributed by atoms with Gasteiger partial charge in [-0.25, -0.2) is 0 Å². The van der Waals surface area contributed by atoms with E-state index in [0.717, 1.165) is 34.9 Å². The summed E-state index contributed by atoms with van der Waals surface area (Å²) >= 11 is 2.22. The normalized spacial score (nSPS) is 32.4. The van der Waals surface area contributed by atoms with Crippen LogP contribution >= 0.6 is 22.6 Å². The lowest BCUT2D eigenvalue weighted by atomic mass is 9.78. The molecule has 1 aromatic rings. The molecule has 4 unspecified atom stereocenters. The minimum atomic E-state index is -0.791. The molecule has 23 heavy (non-hydrogen) atoms. The van der Waals surface area contributed by atoms with Gasteiger partial charge in [-0.2, -0.15) is 0 Å². The number of carbonyl (C=O) groups is 2. The number of carboxylic acids is 1. The summed E-state index contributed by atoms with van der Waals surface area (Å²) in [5.41, 5.74) is 0.930. The number of aliphatic carboxylic acids is 1. The van der Waals surface area contributed by atoms with Crippen molar-refractivity contribution in [3.8, 4) is 0 Å². The Morgan fingerprint density at radius 1 is 1.09 bits per heavy atom. The first-order valence-electron chi connectivity index (χ1n) is 7.82. The zero-order valence-electron chi connectivity index (χ0n) is 12.1. The molecule has 0 aromatic heterocycles. The Hall–Kier alpha value is -1.11. The number of anilines is 1. The fraction of sp³-hybridized carbons (Fsp3) is 0.556. The Balaban J connectivity index is 0.00000156. The fourth-order valence-corrected chi connectivity index (χ4v) is 5.46.